The van der Waals surface area contributed by atoms with E-state index in [0.29, 0.717) is 40.7 Å². The van der Waals surface area contributed by atoms with Crippen LogP contribution in [0.25, 0.3) is 0 Å². The van der Waals surface area contributed by atoms with E-state index in [2.05, 4.69) is 36.5 Å². The predicted octanol–water partition coefficient (Wildman–Crippen LogP) is 6.69. The second kappa shape index (κ2) is 11.3. The van der Waals surface area contributed by atoms with Crippen LogP contribution in [-0.4, -0.2) is 13.2 Å². The number of benzene rings is 3. The summed E-state index contributed by atoms with van der Waals surface area (Å²) in [6, 6.07) is 22.2. The molecule has 3 nitrogen and oxygen atoms in total. The first-order chi connectivity index (χ1) is 14.5. The highest BCUT2D eigenvalue weighted by Crippen LogP contribution is 2.34. The Morgan fingerprint density at radius 2 is 1.67 bits per heavy atom. The summed E-state index contributed by atoms with van der Waals surface area (Å²) in [6.45, 7) is 3.25. The van der Waals surface area contributed by atoms with E-state index in [9.17, 15) is 0 Å². The zero-order valence-electron chi connectivity index (χ0n) is 17.3. The lowest BCUT2D eigenvalue weighted by atomic mass is 10.1. The molecule has 3 aromatic rings. The van der Waals surface area contributed by atoms with Gasteiger partial charge in [0.15, 0.2) is 11.5 Å². The average molecular weight is 444 g/mol. The van der Waals surface area contributed by atoms with Crippen molar-refractivity contribution in [2.75, 3.05) is 7.11 Å². The number of aryl methyl sites for hydroxylation is 1. The molecule has 158 valence electrons. The second-order valence-electron chi connectivity index (χ2n) is 7.32. The maximum absolute atomic E-state index is 6.53. The summed E-state index contributed by atoms with van der Waals surface area (Å²) < 4.78 is 11.5. The Kier molecular flexibility index (Phi) is 8.44. The third kappa shape index (κ3) is 6.66. The third-order valence-electron chi connectivity index (χ3n) is 4.97. The molecule has 0 aliphatic carbocycles. The zero-order valence-corrected chi connectivity index (χ0v) is 18.8. The first kappa shape index (κ1) is 22.5. The summed E-state index contributed by atoms with van der Waals surface area (Å²) in [5.41, 5.74) is 3.32. The first-order valence-corrected chi connectivity index (χ1v) is 10.8. The van der Waals surface area contributed by atoms with Crippen molar-refractivity contribution >= 4 is 23.2 Å². The molecule has 0 aliphatic heterocycles. The van der Waals surface area contributed by atoms with Gasteiger partial charge in [-0.15, -0.1) is 0 Å². The van der Waals surface area contributed by atoms with E-state index < -0.39 is 0 Å². The van der Waals surface area contributed by atoms with Crippen LogP contribution in [0.5, 0.6) is 11.5 Å². The third-order valence-corrected chi connectivity index (χ3v) is 5.55. The lowest BCUT2D eigenvalue weighted by Crippen LogP contribution is -2.26. The van der Waals surface area contributed by atoms with Crippen LogP contribution in [-0.2, 0) is 19.6 Å². The minimum Gasteiger partial charge on any atom is -0.493 e. The molecule has 0 aliphatic rings. The fourth-order valence-corrected chi connectivity index (χ4v) is 3.62. The zero-order chi connectivity index (χ0) is 21.3. The molecule has 3 aromatic carbocycles. The van der Waals surface area contributed by atoms with Gasteiger partial charge in [-0.3, -0.25) is 0 Å². The molecule has 0 radical (unpaired) electrons. The van der Waals surface area contributed by atoms with Crippen molar-refractivity contribution in [1.82, 2.24) is 5.32 Å². The van der Waals surface area contributed by atoms with Crippen LogP contribution in [0.2, 0.25) is 10.0 Å². The predicted molar refractivity (Wildman–Crippen MR) is 125 cm³/mol. The van der Waals surface area contributed by atoms with Gasteiger partial charge in [-0.05, 0) is 54.7 Å². The van der Waals surface area contributed by atoms with E-state index >= 15 is 0 Å². The summed E-state index contributed by atoms with van der Waals surface area (Å²) in [4.78, 5) is 0. The summed E-state index contributed by atoms with van der Waals surface area (Å²) in [6.07, 6.45) is 2.10. The van der Waals surface area contributed by atoms with Gasteiger partial charge in [0.1, 0.15) is 6.61 Å². The van der Waals surface area contributed by atoms with Gasteiger partial charge in [0.2, 0.25) is 0 Å². The Labute approximate surface area is 188 Å². The maximum Gasteiger partial charge on any atom is 0.163 e. The van der Waals surface area contributed by atoms with Crippen LogP contribution >= 0.6 is 23.2 Å². The topological polar surface area (TPSA) is 30.5 Å². The van der Waals surface area contributed by atoms with Crippen LogP contribution in [0.15, 0.2) is 66.7 Å². The Hall–Kier alpha value is -2.20. The van der Waals surface area contributed by atoms with E-state index in [0.717, 1.165) is 24.0 Å². The second-order valence-corrected chi connectivity index (χ2v) is 8.16. The molecule has 30 heavy (non-hydrogen) atoms. The van der Waals surface area contributed by atoms with Crippen molar-refractivity contribution in [3.05, 3.63) is 93.5 Å². The van der Waals surface area contributed by atoms with Gasteiger partial charge < -0.3 is 14.8 Å². The molecule has 0 amide bonds. The van der Waals surface area contributed by atoms with Crippen LogP contribution in [0.3, 0.4) is 0 Å². The van der Waals surface area contributed by atoms with Gasteiger partial charge >= 0.3 is 0 Å². The number of rotatable bonds is 10. The highest BCUT2D eigenvalue weighted by molar-refractivity contribution is 6.31. The normalized spacial score (nSPS) is 11.9. The van der Waals surface area contributed by atoms with Crippen LogP contribution in [0.4, 0.5) is 0 Å². The Morgan fingerprint density at radius 1 is 0.900 bits per heavy atom. The van der Waals surface area contributed by atoms with Crippen LogP contribution in [0.1, 0.15) is 30.0 Å². The Balaban J connectivity index is 1.57. The summed E-state index contributed by atoms with van der Waals surface area (Å²) in [5.74, 6) is 1.28. The molecule has 3 rings (SSSR count). The van der Waals surface area contributed by atoms with Crippen molar-refractivity contribution in [2.45, 2.75) is 39.0 Å². The van der Waals surface area contributed by atoms with Gasteiger partial charge in [-0.2, -0.15) is 0 Å². The minimum absolute atomic E-state index is 0.367. The van der Waals surface area contributed by atoms with Crippen molar-refractivity contribution < 1.29 is 9.47 Å². The van der Waals surface area contributed by atoms with Gasteiger partial charge in [-0.1, -0.05) is 65.7 Å². The van der Waals surface area contributed by atoms with E-state index in [1.165, 1.54) is 5.56 Å². The summed E-state index contributed by atoms with van der Waals surface area (Å²) in [7, 11) is 1.63. The highest BCUT2D eigenvalue weighted by atomic mass is 35.5. The summed E-state index contributed by atoms with van der Waals surface area (Å²) >= 11 is 12.6. The van der Waals surface area contributed by atoms with E-state index in [4.69, 9.17) is 32.7 Å². The van der Waals surface area contributed by atoms with E-state index in [1.54, 1.807) is 7.11 Å². The molecular formula is C25H27Cl2NO2. The molecule has 0 saturated carbocycles. The van der Waals surface area contributed by atoms with E-state index in [-0.39, 0.29) is 0 Å². The molecule has 1 N–H and O–H groups in total. The molecule has 5 heteroatoms. The monoisotopic (exact) mass is 443 g/mol. The van der Waals surface area contributed by atoms with Crippen LogP contribution in [0, 0.1) is 0 Å². The molecule has 0 saturated heterocycles. The molecular weight excluding hydrogens is 417 g/mol. The molecule has 0 heterocycles. The largest absolute Gasteiger partial charge is 0.493 e. The molecule has 1 unspecified atom stereocenters. The van der Waals surface area contributed by atoms with Crippen LogP contribution < -0.4 is 14.8 Å². The first-order valence-electron chi connectivity index (χ1n) is 10.1. The highest BCUT2D eigenvalue weighted by Gasteiger charge is 2.12. The lowest BCUT2D eigenvalue weighted by molar-refractivity contribution is 0.284. The molecule has 0 aromatic heterocycles. The van der Waals surface area contributed by atoms with Gasteiger partial charge in [-0.25, -0.2) is 0 Å². The number of halogens is 2. The number of nitrogens with one attached hydrogen (secondary N) is 1. The van der Waals surface area contributed by atoms with Crippen molar-refractivity contribution in [3.8, 4) is 11.5 Å². The minimum atomic E-state index is 0.367. The van der Waals surface area contributed by atoms with Gasteiger partial charge in [0.25, 0.3) is 0 Å². The van der Waals surface area contributed by atoms with Gasteiger partial charge in [0.05, 0.1) is 7.11 Å². The standard InChI is InChI=1S/C25H27Cl2NO2/c1-18(11-12-19-7-4-3-5-8-19)28-16-21-14-24(29-2)25(15-23(21)27)30-17-20-9-6-10-22(26)13-20/h3-10,13-15,18,28H,11-12,16-17H2,1-2H3. The fraction of sp³-hybridized carbons (Fsp3) is 0.280. The molecule has 0 bridgehead atoms. The average Bonchev–Trinajstić information content (AvgIpc) is 2.76. The number of methoxy groups -OCH3 is 1. The Bertz CT molecular complexity index is 947. The quantitative estimate of drug-likeness (QED) is 0.378. The SMILES string of the molecule is COc1cc(CNC(C)CCc2ccccc2)c(Cl)cc1OCc1cccc(Cl)c1. The number of ether oxygens (including phenoxy) is 2. The lowest BCUT2D eigenvalue weighted by Gasteiger charge is -2.17. The molecule has 0 fully saturated rings. The molecule has 1 atom stereocenters. The maximum atomic E-state index is 6.53. The smallest absolute Gasteiger partial charge is 0.163 e. The fourth-order valence-electron chi connectivity index (χ4n) is 3.19. The van der Waals surface area contributed by atoms with E-state index in [1.807, 2.05) is 42.5 Å². The van der Waals surface area contributed by atoms with Crippen molar-refractivity contribution in [1.29, 1.82) is 0 Å². The Morgan fingerprint density at radius 3 is 2.40 bits per heavy atom. The van der Waals surface area contributed by atoms with Gasteiger partial charge in [0, 0.05) is 28.7 Å². The number of hydrogen-bond acceptors (Lipinski definition) is 3. The van der Waals surface area contributed by atoms with Crippen molar-refractivity contribution in [3.63, 3.8) is 0 Å². The van der Waals surface area contributed by atoms with Crippen molar-refractivity contribution in [2.24, 2.45) is 0 Å². The molecule has 0 spiro atoms. The number of hydrogen-bond donors (Lipinski definition) is 1. The summed E-state index contributed by atoms with van der Waals surface area (Å²) in [5, 5.41) is 4.89.